The molecule has 1 fully saturated rings. The summed E-state index contributed by atoms with van der Waals surface area (Å²) >= 11 is 0. The number of anilines is 1. The monoisotopic (exact) mass is 310 g/mol. The van der Waals surface area contributed by atoms with Gasteiger partial charge in [-0.1, -0.05) is 30.3 Å². The van der Waals surface area contributed by atoms with Gasteiger partial charge in [0.05, 0.1) is 6.10 Å². The second-order valence-electron chi connectivity index (χ2n) is 6.17. The smallest absolute Gasteiger partial charge is 0.342 e. The lowest BCUT2D eigenvalue weighted by molar-refractivity contribution is 0.0378. The molecule has 4 heteroatoms. The van der Waals surface area contributed by atoms with E-state index in [2.05, 4.69) is 34.1 Å². The largest absolute Gasteiger partial charge is 0.459 e. The summed E-state index contributed by atoms with van der Waals surface area (Å²) in [6.45, 7) is 5.49. The average Bonchev–Trinajstić information content (AvgIpc) is 3.05. The highest BCUT2D eigenvalue weighted by molar-refractivity contribution is 5.95. The first-order chi connectivity index (χ1) is 11.1. The van der Waals surface area contributed by atoms with Gasteiger partial charge in [-0.15, -0.1) is 0 Å². The average molecular weight is 310 g/mol. The first-order valence-electron chi connectivity index (χ1n) is 8.11. The Kier molecular flexibility index (Phi) is 4.60. The minimum absolute atomic E-state index is 0.133. The quantitative estimate of drug-likeness (QED) is 0.809. The fraction of sp³-hybridized carbons (Fsp3) is 0.368. The Morgan fingerprint density at radius 2 is 2.00 bits per heavy atom. The Labute approximate surface area is 137 Å². The van der Waals surface area contributed by atoms with E-state index in [1.54, 1.807) is 18.3 Å². The number of hydrogen-bond acceptors (Lipinski definition) is 4. The zero-order chi connectivity index (χ0) is 16.2. The molecule has 120 valence electrons. The molecule has 1 unspecified atom stereocenters. The summed E-state index contributed by atoms with van der Waals surface area (Å²) in [5, 5.41) is 0. The number of esters is 1. The van der Waals surface area contributed by atoms with Gasteiger partial charge in [0, 0.05) is 25.2 Å². The van der Waals surface area contributed by atoms with Crippen LogP contribution >= 0.6 is 0 Å². The van der Waals surface area contributed by atoms with E-state index in [1.807, 2.05) is 19.9 Å². The molecule has 1 atom stereocenters. The SMILES string of the molecule is CC(C)OC(=O)c1cccnc1N1CCC(c2ccccc2)C1. The maximum atomic E-state index is 12.3. The third-order valence-corrected chi connectivity index (χ3v) is 4.11. The van der Waals surface area contributed by atoms with Crippen LogP contribution in [0.3, 0.4) is 0 Å². The van der Waals surface area contributed by atoms with Gasteiger partial charge in [-0.25, -0.2) is 9.78 Å². The highest BCUT2D eigenvalue weighted by atomic mass is 16.5. The van der Waals surface area contributed by atoms with Gasteiger partial charge >= 0.3 is 5.97 Å². The number of carbonyl (C=O) groups is 1. The molecule has 1 saturated heterocycles. The minimum Gasteiger partial charge on any atom is -0.459 e. The Morgan fingerprint density at radius 3 is 2.74 bits per heavy atom. The second-order valence-corrected chi connectivity index (χ2v) is 6.17. The van der Waals surface area contributed by atoms with E-state index >= 15 is 0 Å². The van der Waals surface area contributed by atoms with E-state index in [0.29, 0.717) is 11.5 Å². The number of aromatic nitrogens is 1. The van der Waals surface area contributed by atoms with Crippen molar-refractivity contribution in [1.82, 2.24) is 4.98 Å². The van der Waals surface area contributed by atoms with E-state index < -0.39 is 0 Å². The van der Waals surface area contributed by atoms with Crippen LogP contribution in [0.2, 0.25) is 0 Å². The number of carbonyl (C=O) groups excluding carboxylic acids is 1. The normalized spacial score (nSPS) is 17.5. The van der Waals surface area contributed by atoms with E-state index in [4.69, 9.17) is 4.74 Å². The molecule has 1 aliphatic rings. The predicted molar refractivity (Wildman–Crippen MR) is 90.8 cm³/mol. The molecule has 0 saturated carbocycles. The first kappa shape index (κ1) is 15.5. The lowest BCUT2D eigenvalue weighted by Crippen LogP contribution is -2.24. The van der Waals surface area contributed by atoms with Crippen LogP contribution < -0.4 is 4.90 Å². The summed E-state index contributed by atoms with van der Waals surface area (Å²) in [5.74, 6) is 0.912. The zero-order valence-electron chi connectivity index (χ0n) is 13.6. The van der Waals surface area contributed by atoms with Crippen LogP contribution in [0.5, 0.6) is 0 Å². The van der Waals surface area contributed by atoms with Crippen molar-refractivity contribution in [2.75, 3.05) is 18.0 Å². The molecule has 0 aliphatic carbocycles. The summed E-state index contributed by atoms with van der Waals surface area (Å²) < 4.78 is 5.34. The molecule has 23 heavy (non-hydrogen) atoms. The molecule has 0 amide bonds. The van der Waals surface area contributed by atoms with Crippen molar-refractivity contribution in [1.29, 1.82) is 0 Å². The summed E-state index contributed by atoms with van der Waals surface area (Å²) in [4.78, 5) is 18.9. The summed E-state index contributed by atoms with van der Waals surface area (Å²) in [5.41, 5.74) is 1.90. The van der Waals surface area contributed by atoms with Crippen LogP contribution in [-0.4, -0.2) is 30.1 Å². The van der Waals surface area contributed by atoms with Crippen molar-refractivity contribution in [2.24, 2.45) is 0 Å². The Balaban J connectivity index is 1.79. The van der Waals surface area contributed by atoms with E-state index in [1.165, 1.54) is 5.56 Å². The highest BCUT2D eigenvalue weighted by Crippen LogP contribution is 2.31. The molecular formula is C19H22N2O2. The molecular weight excluding hydrogens is 288 g/mol. The highest BCUT2D eigenvalue weighted by Gasteiger charge is 2.28. The van der Waals surface area contributed by atoms with Crippen LogP contribution in [-0.2, 0) is 4.74 Å². The van der Waals surface area contributed by atoms with Gasteiger partial charge in [0.25, 0.3) is 0 Å². The number of pyridine rings is 1. The number of hydrogen-bond donors (Lipinski definition) is 0. The van der Waals surface area contributed by atoms with E-state index in [-0.39, 0.29) is 12.1 Å². The fourth-order valence-electron chi connectivity index (χ4n) is 3.04. The van der Waals surface area contributed by atoms with Gasteiger partial charge < -0.3 is 9.64 Å². The van der Waals surface area contributed by atoms with Crippen molar-refractivity contribution in [3.63, 3.8) is 0 Å². The summed E-state index contributed by atoms with van der Waals surface area (Å²) in [7, 11) is 0. The van der Waals surface area contributed by atoms with Crippen molar-refractivity contribution >= 4 is 11.8 Å². The molecule has 3 rings (SSSR count). The Hall–Kier alpha value is -2.36. The third kappa shape index (κ3) is 3.52. The predicted octanol–water partition coefficient (Wildman–Crippen LogP) is 3.64. The second kappa shape index (κ2) is 6.82. The molecule has 4 nitrogen and oxygen atoms in total. The van der Waals surface area contributed by atoms with Crippen LogP contribution in [0.4, 0.5) is 5.82 Å². The molecule has 2 aromatic rings. The molecule has 0 bridgehead atoms. The maximum absolute atomic E-state index is 12.3. The van der Waals surface area contributed by atoms with Crippen LogP contribution in [0.15, 0.2) is 48.7 Å². The third-order valence-electron chi connectivity index (χ3n) is 4.11. The van der Waals surface area contributed by atoms with Gasteiger partial charge in [0.2, 0.25) is 0 Å². The Morgan fingerprint density at radius 1 is 1.22 bits per heavy atom. The zero-order valence-corrected chi connectivity index (χ0v) is 13.6. The standard InChI is InChI=1S/C19H22N2O2/c1-14(2)23-19(22)17-9-6-11-20-18(17)21-12-10-16(13-21)15-7-4-3-5-8-15/h3-9,11,14,16H,10,12-13H2,1-2H3. The minimum atomic E-state index is -0.300. The van der Waals surface area contributed by atoms with Crippen molar-refractivity contribution < 1.29 is 9.53 Å². The number of rotatable bonds is 4. The van der Waals surface area contributed by atoms with Crippen LogP contribution in [0.1, 0.15) is 42.1 Å². The molecule has 2 heterocycles. The van der Waals surface area contributed by atoms with Gasteiger partial charge in [0.1, 0.15) is 11.4 Å². The van der Waals surface area contributed by atoms with Crippen molar-refractivity contribution in [2.45, 2.75) is 32.3 Å². The fourth-order valence-corrected chi connectivity index (χ4v) is 3.04. The van der Waals surface area contributed by atoms with Gasteiger partial charge in [0.15, 0.2) is 0 Å². The summed E-state index contributed by atoms with van der Waals surface area (Å²) in [6, 6.07) is 14.1. The molecule has 1 aliphatic heterocycles. The van der Waals surface area contributed by atoms with Crippen molar-refractivity contribution in [3.8, 4) is 0 Å². The lowest BCUT2D eigenvalue weighted by atomic mass is 9.99. The van der Waals surface area contributed by atoms with E-state index in [0.717, 1.165) is 25.3 Å². The molecule has 0 radical (unpaired) electrons. The van der Waals surface area contributed by atoms with Crippen molar-refractivity contribution in [3.05, 3.63) is 59.8 Å². The number of nitrogens with zero attached hydrogens (tertiary/aromatic N) is 2. The summed E-state index contributed by atoms with van der Waals surface area (Å²) in [6.07, 6.45) is 2.67. The molecule has 0 spiro atoms. The maximum Gasteiger partial charge on any atom is 0.342 e. The van der Waals surface area contributed by atoms with Gasteiger partial charge in [-0.2, -0.15) is 0 Å². The molecule has 1 aromatic heterocycles. The van der Waals surface area contributed by atoms with Crippen LogP contribution in [0, 0.1) is 0 Å². The van der Waals surface area contributed by atoms with Gasteiger partial charge in [-0.05, 0) is 38.0 Å². The number of ether oxygens (including phenoxy) is 1. The Bertz CT molecular complexity index is 670. The van der Waals surface area contributed by atoms with Crippen LogP contribution in [0.25, 0.3) is 0 Å². The first-order valence-corrected chi connectivity index (χ1v) is 8.11. The topological polar surface area (TPSA) is 42.4 Å². The lowest BCUT2D eigenvalue weighted by Gasteiger charge is -2.20. The molecule has 1 aromatic carbocycles. The molecule has 0 N–H and O–H groups in total. The number of benzene rings is 1. The van der Waals surface area contributed by atoms with E-state index in [9.17, 15) is 4.79 Å². The van der Waals surface area contributed by atoms with Gasteiger partial charge in [-0.3, -0.25) is 0 Å².